The van der Waals surface area contributed by atoms with Crippen LogP contribution in [-0.4, -0.2) is 23.9 Å². The molecule has 5 nitrogen and oxygen atoms in total. The van der Waals surface area contributed by atoms with Gasteiger partial charge in [-0.3, -0.25) is 4.79 Å². The Bertz CT molecular complexity index is 851. The van der Waals surface area contributed by atoms with Crippen molar-refractivity contribution < 1.29 is 9.47 Å². The summed E-state index contributed by atoms with van der Waals surface area (Å²) in [5.41, 5.74) is 0.144. The quantitative estimate of drug-likeness (QED) is 0.800. The SMILES string of the molecule is Cn1c(=O)c(C#N)c(Cl)c2cc(Br)c(OC3CCOC3)cc21. The van der Waals surface area contributed by atoms with Crippen LogP contribution < -0.4 is 10.3 Å². The normalized spacial score (nSPS) is 17.6. The molecule has 0 radical (unpaired) electrons. The number of rotatable bonds is 2. The molecule has 0 N–H and O–H groups in total. The van der Waals surface area contributed by atoms with Gasteiger partial charge in [0, 0.05) is 24.9 Å². The molecule has 3 rings (SSSR count). The van der Waals surface area contributed by atoms with Crippen LogP contribution in [0.15, 0.2) is 21.4 Å². The summed E-state index contributed by atoms with van der Waals surface area (Å²) in [6.07, 6.45) is 0.831. The Kier molecular flexibility index (Phi) is 4.13. The first kappa shape index (κ1) is 15.3. The van der Waals surface area contributed by atoms with E-state index in [0.717, 1.165) is 10.9 Å². The van der Waals surface area contributed by atoms with E-state index in [9.17, 15) is 4.79 Å². The molecule has 1 saturated heterocycles. The third-order valence-electron chi connectivity index (χ3n) is 3.68. The summed E-state index contributed by atoms with van der Waals surface area (Å²) in [5, 5.41) is 9.89. The monoisotopic (exact) mass is 382 g/mol. The molecule has 0 bridgehead atoms. The lowest BCUT2D eigenvalue weighted by Crippen LogP contribution is -2.21. The number of aryl methyl sites for hydroxylation is 1. The number of aromatic nitrogens is 1. The first-order chi connectivity index (χ1) is 10.5. The summed E-state index contributed by atoms with van der Waals surface area (Å²) >= 11 is 9.65. The van der Waals surface area contributed by atoms with Gasteiger partial charge in [0.25, 0.3) is 5.56 Å². The van der Waals surface area contributed by atoms with Crippen molar-refractivity contribution in [3.8, 4) is 11.8 Å². The smallest absolute Gasteiger partial charge is 0.270 e. The second kappa shape index (κ2) is 5.92. The number of nitrogens with zero attached hydrogens (tertiary/aromatic N) is 2. The zero-order chi connectivity index (χ0) is 15.9. The molecular formula is C15H12BrClN2O3. The average Bonchev–Trinajstić information content (AvgIpc) is 3.00. The largest absolute Gasteiger partial charge is 0.487 e. The summed E-state index contributed by atoms with van der Waals surface area (Å²) in [5.74, 6) is 0.624. The first-order valence-corrected chi connectivity index (χ1v) is 7.86. The highest BCUT2D eigenvalue weighted by atomic mass is 79.9. The maximum atomic E-state index is 12.2. The Labute approximate surface area is 140 Å². The van der Waals surface area contributed by atoms with E-state index in [1.807, 2.05) is 6.07 Å². The fraction of sp³-hybridized carbons (Fsp3) is 0.333. The van der Waals surface area contributed by atoms with Gasteiger partial charge in [-0.15, -0.1) is 0 Å². The lowest BCUT2D eigenvalue weighted by Gasteiger charge is -2.16. The molecule has 0 saturated carbocycles. The van der Waals surface area contributed by atoms with Crippen molar-refractivity contribution in [3.63, 3.8) is 0 Å². The van der Waals surface area contributed by atoms with E-state index in [1.54, 1.807) is 19.2 Å². The van der Waals surface area contributed by atoms with Crippen molar-refractivity contribution in [3.05, 3.63) is 37.5 Å². The van der Waals surface area contributed by atoms with E-state index in [1.165, 1.54) is 4.57 Å². The van der Waals surface area contributed by atoms with Crippen LogP contribution in [0.2, 0.25) is 5.02 Å². The van der Waals surface area contributed by atoms with Gasteiger partial charge in [0.1, 0.15) is 23.5 Å². The summed E-state index contributed by atoms with van der Waals surface area (Å²) in [4.78, 5) is 12.2. The lowest BCUT2D eigenvalue weighted by molar-refractivity contribution is 0.141. The molecule has 7 heteroatoms. The molecule has 1 unspecified atom stereocenters. The Morgan fingerprint density at radius 2 is 2.32 bits per heavy atom. The molecular weight excluding hydrogens is 372 g/mol. The van der Waals surface area contributed by atoms with Gasteiger partial charge >= 0.3 is 0 Å². The van der Waals surface area contributed by atoms with Crippen LogP contribution in [0.3, 0.4) is 0 Å². The van der Waals surface area contributed by atoms with Crippen molar-refractivity contribution in [1.29, 1.82) is 5.26 Å². The topological polar surface area (TPSA) is 64.2 Å². The van der Waals surface area contributed by atoms with E-state index in [2.05, 4.69) is 15.9 Å². The highest BCUT2D eigenvalue weighted by Gasteiger charge is 2.20. The second-order valence-corrected chi connectivity index (χ2v) is 6.30. The summed E-state index contributed by atoms with van der Waals surface area (Å²) in [7, 11) is 1.61. The van der Waals surface area contributed by atoms with Crippen molar-refractivity contribution in [2.75, 3.05) is 13.2 Å². The highest BCUT2D eigenvalue weighted by Crippen LogP contribution is 2.35. The van der Waals surface area contributed by atoms with E-state index >= 15 is 0 Å². The second-order valence-electron chi connectivity index (χ2n) is 5.07. The van der Waals surface area contributed by atoms with E-state index in [-0.39, 0.29) is 16.7 Å². The van der Waals surface area contributed by atoms with Gasteiger partial charge in [0.2, 0.25) is 0 Å². The minimum atomic E-state index is -0.419. The summed E-state index contributed by atoms with van der Waals surface area (Å²) in [6, 6.07) is 5.38. The van der Waals surface area contributed by atoms with Crippen LogP contribution in [0, 0.1) is 11.3 Å². The van der Waals surface area contributed by atoms with Crippen LogP contribution in [0.4, 0.5) is 0 Å². The highest BCUT2D eigenvalue weighted by molar-refractivity contribution is 9.10. The van der Waals surface area contributed by atoms with Crippen LogP contribution in [0.5, 0.6) is 5.75 Å². The molecule has 0 spiro atoms. The van der Waals surface area contributed by atoms with Gasteiger partial charge in [-0.2, -0.15) is 5.26 Å². The predicted octanol–water partition coefficient (Wildman–Crippen LogP) is 2.99. The number of hydrogen-bond donors (Lipinski definition) is 0. The van der Waals surface area contributed by atoms with Crippen LogP contribution in [0.25, 0.3) is 10.9 Å². The molecule has 1 aromatic heterocycles. The molecule has 1 aliphatic rings. The van der Waals surface area contributed by atoms with Gasteiger partial charge in [0.05, 0.1) is 28.2 Å². The number of hydrogen-bond acceptors (Lipinski definition) is 4. The average molecular weight is 384 g/mol. The fourth-order valence-corrected chi connectivity index (χ4v) is 3.19. The van der Waals surface area contributed by atoms with Gasteiger partial charge in [0.15, 0.2) is 0 Å². The maximum Gasteiger partial charge on any atom is 0.270 e. The minimum absolute atomic E-state index is 0.000341. The van der Waals surface area contributed by atoms with Crippen molar-refractivity contribution in [2.45, 2.75) is 12.5 Å². The molecule has 114 valence electrons. The molecule has 2 heterocycles. The van der Waals surface area contributed by atoms with Gasteiger partial charge in [-0.1, -0.05) is 11.6 Å². The lowest BCUT2D eigenvalue weighted by atomic mass is 10.1. The minimum Gasteiger partial charge on any atom is -0.487 e. The Balaban J connectivity index is 2.19. The van der Waals surface area contributed by atoms with Crippen molar-refractivity contribution in [1.82, 2.24) is 4.57 Å². The zero-order valence-electron chi connectivity index (χ0n) is 11.7. The number of fused-ring (bicyclic) bond motifs is 1. The number of nitriles is 1. The number of ether oxygens (including phenoxy) is 2. The first-order valence-electron chi connectivity index (χ1n) is 6.69. The summed E-state index contributed by atoms with van der Waals surface area (Å²) in [6.45, 7) is 1.24. The Hall–Kier alpha value is -1.55. The molecule has 0 aliphatic carbocycles. The van der Waals surface area contributed by atoms with E-state index < -0.39 is 5.56 Å². The van der Waals surface area contributed by atoms with Crippen LogP contribution in [0.1, 0.15) is 12.0 Å². The third-order valence-corrected chi connectivity index (χ3v) is 4.69. The molecule has 1 fully saturated rings. The maximum absolute atomic E-state index is 12.2. The molecule has 0 amide bonds. The number of halogens is 2. The molecule has 1 atom stereocenters. The van der Waals surface area contributed by atoms with Crippen molar-refractivity contribution in [2.24, 2.45) is 7.05 Å². The zero-order valence-corrected chi connectivity index (χ0v) is 14.1. The predicted molar refractivity (Wildman–Crippen MR) is 86.5 cm³/mol. The van der Waals surface area contributed by atoms with Gasteiger partial charge in [-0.05, 0) is 22.0 Å². The van der Waals surface area contributed by atoms with E-state index in [4.69, 9.17) is 26.3 Å². The van der Waals surface area contributed by atoms with Gasteiger partial charge in [-0.25, -0.2) is 0 Å². The van der Waals surface area contributed by atoms with E-state index in [0.29, 0.717) is 29.9 Å². The Morgan fingerprint density at radius 1 is 1.55 bits per heavy atom. The molecule has 22 heavy (non-hydrogen) atoms. The standard InChI is InChI=1S/C15H12BrClN2O3/c1-19-12-5-13(22-8-2-3-21-7-8)11(16)4-9(12)14(17)10(6-18)15(19)20/h4-5,8H,2-3,7H2,1H3. The number of benzene rings is 1. The Morgan fingerprint density at radius 3 is 2.95 bits per heavy atom. The third kappa shape index (κ3) is 2.50. The molecule has 2 aromatic rings. The van der Waals surface area contributed by atoms with Crippen LogP contribution in [-0.2, 0) is 11.8 Å². The van der Waals surface area contributed by atoms with Crippen molar-refractivity contribution >= 4 is 38.4 Å². The molecule has 1 aromatic carbocycles. The molecule has 1 aliphatic heterocycles. The fourth-order valence-electron chi connectivity index (χ4n) is 2.47. The summed E-state index contributed by atoms with van der Waals surface area (Å²) < 4.78 is 13.3. The number of pyridine rings is 1. The van der Waals surface area contributed by atoms with Gasteiger partial charge < -0.3 is 14.0 Å². The van der Waals surface area contributed by atoms with Crippen LogP contribution >= 0.6 is 27.5 Å².